The van der Waals surface area contributed by atoms with Crippen molar-refractivity contribution in [2.45, 2.75) is 96.9 Å². The van der Waals surface area contributed by atoms with Crippen molar-refractivity contribution in [3.8, 4) is 0 Å². The van der Waals surface area contributed by atoms with Crippen LogP contribution < -0.4 is 11.2 Å². The number of azide groups is 1. The highest BCUT2D eigenvalue weighted by atomic mass is 31.2. The number of aromatic amines is 1. The average molecular weight is 641 g/mol. The number of aliphatic carboxylic acids is 1. The number of H-pyrrole nitrogens is 1. The van der Waals surface area contributed by atoms with Crippen LogP contribution in [0.4, 0.5) is 0 Å². The first-order valence-corrected chi connectivity index (χ1v) is 16.6. The minimum atomic E-state index is -4.57. The summed E-state index contributed by atoms with van der Waals surface area (Å²) in [5.74, 6) is -3.84. The van der Waals surface area contributed by atoms with E-state index in [1.807, 2.05) is 0 Å². The summed E-state index contributed by atoms with van der Waals surface area (Å²) in [6.45, 7) is 11.7. The average Bonchev–Trinajstić information content (AvgIpc) is 3.66. The SMILES string of the molecule is CCCCN(CCCC)CCCC.Cc1cn([C@H]2C[C@H](N=[N+]=[N-])[C@@H](COC(C(=O)O)P(=O)(O)n3ccnc3)O2)c(=O)[nH]c1=O. The van der Waals surface area contributed by atoms with Gasteiger partial charge in [0.25, 0.3) is 11.4 Å². The van der Waals surface area contributed by atoms with Crippen molar-refractivity contribution < 1.29 is 28.8 Å². The molecular weight excluding hydrogens is 595 g/mol. The molecule has 5 atom stereocenters. The molecule has 1 fully saturated rings. The van der Waals surface area contributed by atoms with E-state index < -0.39 is 55.6 Å². The zero-order valence-corrected chi connectivity index (χ0v) is 26.7. The molecule has 3 rings (SSSR count). The Bertz CT molecular complexity index is 1360. The second-order valence-electron chi connectivity index (χ2n) is 10.6. The summed E-state index contributed by atoms with van der Waals surface area (Å²) in [5.41, 5.74) is 7.75. The van der Waals surface area contributed by atoms with Gasteiger partial charge in [-0.2, -0.15) is 0 Å². The third-order valence-electron chi connectivity index (χ3n) is 7.10. The molecule has 3 heterocycles. The van der Waals surface area contributed by atoms with Crippen LogP contribution in [0.25, 0.3) is 10.4 Å². The number of ether oxygens (including phenoxy) is 2. The fraction of sp³-hybridized carbons (Fsp3) is 0.704. The number of nitrogens with zero attached hydrogens (tertiary/aromatic N) is 7. The van der Waals surface area contributed by atoms with E-state index in [0.717, 1.165) is 21.4 Å². The molecule has 1 saturated heterocycles. The lowest BCUT2D eigenvalue weighted by Gasteiger charge is -2.23. The lowest BCUT2D eigenvalue weighted by Crippen LogP contribution is -2.34. The van der Waals surface area contributed by atoms with E-state index in [9.17, 15) is 28.9 Å². The molecule has 0 saturated carbocycles. The zero-order chi connectivity index (χ0) is 32.7. The molecule has 2 aromatic rings. The molecular formula is C27H45N8O8P. The second kappa shape index (κ2) is 18.5. The van der Waals surface area contributed by atoms with Gasteiger partial charge in [0, 0.05) is 35.5 Å². The third kappa shape index (κ3) is 10.7. The molecule has 2 unspecified atom stereocenters. The van der Waals surface area contributed by atoms with E-state index in [1.54, 1.807) is 0 Å². The molecule has 246 valence electrons. The lowest BCUT2D eigenvalue weighted by molar-refractivity contribution is -0.147. The maximum atomic E-state index is 12.6. The van der Waals surface area contributed by atoms with Crippen molar-refractivity contribution in [2.24, 2.45) is 5.11 Å². The maximum absolute atomic E-state index is 12.6. The smallest absolute Gasteiger partial charge is 0.345 e. The number of carboxylic acids is 1. The van der Waals surface area contributed by atoms with Gasteiger partial charge in [-0.25, -0.2) is 14.6 Å². The fourth-order valence-corrected chi connectivity index (χ4v) is 5.81. The van der Waals surface area contributed by atoms with Gasteiger partial charge in [0.2, 0.25) is 0 Å². The topological polar surface area (TPSA) is 218 Å². The Labute approximate surface area is 256 Å². The molecule has 0 radical (unpaired) electrons. The van der Waals surface area contributed by atoms with E-state index in [-0.39, 0.29) is 12.0 Å². The predicted octanol–water partition coefficient (Wildman–Crippen LogP) is 3.86. The van der Waals surface area contributed by atoms with Crippen molar-refractivity contribution >= 4 is 13.5 Å². The number of rotatable bonds is 17. The molecule has 3 N–H and O–H groups in total. The highest BCUT2D eigenvalue weighted by Crippen LogP contribution is 2.48. The predicted molar refractivity (Wildman–Crippen MR) is 164 cm³/mol. The van der Waals surface area contributed by atoms with E-state index >= 15 is 0 Å². The van der Waals surface area contributed by atoms with Crippen LogP contribution in [0.15, 0.2) is 39.6 Å². The van der Waals surface area contributed by atoms with E-state index in [2.05, 4.69) is 45.7 Å². The van der Waals surface area contributed by atoms with Gasteiger partial charge in [-0.1, -0.05) is 45.1 Å². The molecule has 0 aromatic carbocycles. The van der Waals surface area contributed by atoms with Gasteiger partial charge in [-0.15, -0.1) is 0 Å². The molecule has 16 nitrogen and oxygen atoms in total. The standard InChI is InChI=1S/C15H18N7O8P.C12H27N/c1-8-5-22(15(26)18-12(8)23)11-4-9(19-20-16)10(30-11)6-29-14(13(24)25)31(27,28)21-3-2-17-7-21;1-4-7-10-13(11-8-5-2)12-9-6-3/h2-3,5,7,9-11,14H,4,6H2,1H3,(H,24,25)(H,27,28)(H,18,23,26);4-12H2,1-3H3/t9-,10+,11+,14?;/m0./s1. The molecule has 0 spiro atoms. The Morgan fingerprint density at radius 3 is 2.36 bits per heavy atom. The summed E-state index contributed by atoms with van der Waals surface area (Å²) < 4.78 is 25.3. The largest absolute Gasteiger partial charge is 0.479 e. The van der Waals surface area contributed by atoms with Crippen LogP contribution in [0, 0.1) is 6.92 Å². The van der Waals surface area contributed by atoms with Gasteiger partial charge in [-0.3, -0.25) is 23.2 Å². The highest BCUT2D eigenvalue weighted by Gasteiger charge is 2.43. The zero-order valence-electron chi connectivity index (χ0n) is 25.8. The number of aryl methyl sites for hydroxylation is 1. The summed E-state index contributed by atoms with van der Waals surface area (Å²) in [7, 11) is -4.57. The summed E-state index contributed by atoms with van der Waals surface area (Å²) in [5, 5.41) is 13.0. The first kappa shape index (κ1) is 36.9. The summed E-state index contributed by atoms with van der Waals surface area (Å²) in [4.78, 5) is 56.6. The number of unbranched alkanes of at least 4 members (excludes halogenated alkanes) is 3. The van der Waals surface area contributed by atoms with Crippen molar-refractivity contribution in [2.75, 3.05) is 26.2 Å². The van der Waals surface area contributed by atoms with E-state index in [0.29, 0.717) is 0 Å². The van der Waals surface area contributed by atoms with Crippen LogP contribution in [0.1, 0.15) is 77.5 Å². The molecule has 0 aliphatic carbocycles. The number of carboxylic acid groups (broad SMARTS) is 1. The van der Waals surface area contributed by atoms with Gasteiger partial charge in [-0.05, 0) is 51.4 Å². The van der Waals surface area contributed by atoms with Crippen LogP contribution in [0.3, 0.4) is 0 Å². The Balaban J connectivity index is 0.000000439. The monoisotopic (exact) mass is 640 g/mol. The number of hydrogen-bond donors (Lipinski definition) is 3. The van der Waals surface area contributed by atoms with Gasteiger partial charge in [0.15, 0.2) is 0 Å². The van der Waals surface area contributed by atoms with Gasteiger partial charge >= 0.3 is 19.2 Å². The number of imidazole rings is 1. The molecule has 0 amide bonds. The Hall–Kier alpha value is -3.26. The van der Waals surface area contributed by atoms with Crippen molar-refractivity contribution in [1.29, 1.82) is 0 Å². The van der Waals surface area contributed by atoms with Crippen LogP contribution >= 0.6 is 7.52 Å². The van der Waals surface area contributed by atoms with E-state index in [4.69, 9.17) is 15.0 Å². The minimum absolute atomic E-state index is 0.0273. The summed E-state index contributed by atoms with van der Waals surface area (Å²) in [6, 6.07) is -0.866. The summed E-state index contributed by atoms with van der Waals surface area (Å²) in [6.07, 6.45) is 10.7. The van der Waals surface area contributed by atoms with Gasteiger partial charge in [0.05, 0.1) is 18.8 Å². The number of aromatic nitrogens is 4. The first-order chi connectivity index (χ1) is 21.0. The lowest BCUT2D eigenvalue weighted by atomic mass is 10.1. The fourth-order valence-electron chi connectivity index (χ4n) is 4.55. The minimum Gasteiger partial charge on any atom is -0.479 e. The quantitative estimate of drug-likeness (QED) is 0.0981. The number of hydrogen-bond acceptors (Lipinski definition) is 9. The Kier molecular flexibility index (Phi) is 15.5. The Morgan fingerprint density at radius 1 is 1.25 bits per heavy atom. The highest BCUT2D eigenvalue weighted by molar-refractivity contribution is 7.57. The molecule has 1 aliphatic heterocycles. The Morgan fingerprint density at radius 2 is 1.86 bits per heavy atom. The van der Waals surface area contributed by atoms with Crippen molar-refractivity contribution in [3.05, 3.63) is 61.8 Å². The maximum Gasteiger partial charge on any atom is 0.345 e. The number of carbonyl (C=O) groups is 1. The van der Waals surface area contributed by atoms with Crippen LogP contribution in [0.2, 0.25) is 0 Å². The summed E-state index contributed by atoms with van der Waals surface area (Å²) >= 11 is 0. The van der Waals surface area contributed by atoms with Crippen molar-refractivity contribution in [1.82, 2.24) is 23.8 Å². The van der Waals surface area contributed by atoms with Crippen molar-refractivity contribution in [3.63, 3.8) is 0 Å². The first-order valence-electron chi connectivity index (χ1n) is 14.9. The van der Waals surface area contributed by atoms with Gasteiger partial charge < -0.3 is 24.4 Å². The molecule has 44 heavy (non-hydrogen) atoms. The molecule has 0 bridgehead atoms. The van der Waals surface area contributed by atoms with Crippen LogP contribution in [-0.4, -0.2) is 84.0 Å². The van der Waals surface area contributed by atoms with Crippen LogP contribution in [0.5, 0.6) is 0 Å². The second-order valence-corrected chi connectivity index (χ2v) is 12.7. The molecule has 2 aromatic heterocycles. The normalized spacial score (nSPS) is 19.9. The number of nitrogens with one attached hydrogen (secondary N) is 1. The van der Waals surface area contributed by atoms with Crippen LogP contribution in [-0.2, 0) is 18.8 Å². The molecule has 17 heteroatoms. The molecule has 1 aliphatic rings. The van der Waals surface area contributed by atoms with E-state index in [1.165, 1.54) is 77.5 Å². The third-order valence-corrected chi connectivity index (χ3v) is 8.98. The van der Waals surface area contributed by atoms with Gasteiger partial charge in [0.1, 0.15) is 12.6 Å².